The highest BCUT2D eigenvalue weighted by Crippen LogP contribution is 2.33. The van der Waals surface area contributed by atoms with Crippen molar-refractivity contribution in [2.75, 3.05) is 20.1 Å². The molecule has 0 heterocycles. The van der Waals surface area contributed by atoms with Crippen molar-refractivity contribution >= 4 is 5.97 Å². The fourth-order valence-corrected chi connectivity index (χ4v) is 2.73. The number of rotatable bonds is 7. The minimum atomic E-state index is -0.682. The normalized spacial score (nSPS) is 28.8. The molecule has 1 aliphatic rings. The lowest BCUT2D eigenvalue weighted by Gasteiger charge is -2.28. The Morgan fingerprint density at radius 3 is 2.71 bits per heavy atom. The fraction of sp³-hybridized carbons (Fsp3) is 0.923. The summed E-state index contributed by atoms with van der Waals surface area (Å²) < 4.78 is 0. The molecule has 0 spiro atoms. The van der Waals surface area contributed by atoms with Crippen LogP contribution in [-0.4, -0.2) is 47.7 Å². The molecule has 2 atom stereocenters. The molecule has 0 aromatic carbocycles. The minimum absolute atomic E-state index is 0.412. The van der Waals surface area contributed by atoms with E-state index in [0.717, 1.165) is 45.2 Å². The van der Waals surface area contributed by atoms with E-state index in [2.05, 4.69) is 31.1 Å². The number of nitrogens with zero attached hydrogens (tertiary/aromatic N) is 1. The lowest BCUT2D eigenvalue weighted by Crippen LogP contribution is -2.51. The Bertz CT molecular complexity index is 258. The average Bonchev–Trinajstić information content (AvgIpc) is 2.72. The zero-order valence-corrected chi connectivity index (χ0v) is 11.3. The molecule has 100 valence electrons. The van der Waals surface area contributed by atoms with E-state index in [1.54, 1.807) is 0 Å². The third kappa shape index (κ3) is 3.42. The zero-order valence-electron chi connectivity index (χ0n) is 11.3. The van der Waals surface area contributed by atoms with Gasteiger partial charge in [0.25, 0.3) is 0 Å². The molecule has 0 saturated heterocycles. The van der Waals surface area contributed by atoms with Crippen molar-refractivity contribution in [3.63, 3.8) is 0 Å². The number of hydrogen-bond donors (Lipinski definition) is 2. The van der Waals surface area contributed by atoms with Crippen LogP contribution in [-0.2, 0) is 4.79 Å². The van der Waals surface area contributed by atoms with Crippen molar-refractivity contribution in [2.45, 2.75) is 57.5 Å². The molecule has 0 aromatic heterocycles. The first-order valence-corrected chi connectivity index (χ1v) is 6.74. The van der Waals surface area contributed by atoms with E-state index in [0.29, 0.717) is 6.04 Å². The van der Waals surface area contributed by atoms with E-state index in [-0.39, 0.29) is 0 Å². The maximum absolute atomic E-state index is 11.5. The van der Waals surface area contributed by atoms with Crippen molar-refractivity contribution < 1.29 is 9.90 Å². The summed E-state index contributed by atoms with van der Waals surface area (Å²) in [5.74, 6) is -0.682. The average molecular weight is 242 g/mol. The Hall–Kier alpha value is -0.610. The van der Waals surface area contributed by atoms with Crippen molar-refractivity contribution in [2.24, 2.45) is 0 Å². The fourth-order valence-electron chi connectivity index (χ4n) is 2.73. The number of carbonyl (C=O) groups is 1. The second-order valence-electron chi connectivity index (χ2n) is 5.19. The molecule has 1 rings (SSSR count). The first kappa shape index (κ1) is 14.5. The summed E-state index contributed by atoms with van der Waals surface area (Å²) in [6.07, 6.45) is 4.57. The van der Waals surface area contributed by atoms with E-state index < -0.39 is 11.5 Å². The van der Waals surface area contributed by atoms with Gasteiger partial charge in [-0.25, -0.2) is 0 Å². The van der Waals surface area contributed by atoms with Gasteiger partial charge < -0.3 is 15.3 Å². The van der Waals surface area contributed by atoms with Gasteiger partial charge in [-0.3, -0.25) is 4.79 Å². The van der Waals surface area contributed by atoms with Crippen LogP contribution in [0.1, 0.15) is 46.0 Å². The van der Waals surface area contributed by atoms with Gasteiger partial charge in [0.05, 0.1) is 0 Å². The van der Waals surface area contributed by atoms with Gasteiger partial charge in [-0.05, 0) is 52.2 Å². The molecular weight excluding hydrogens is 216 g/mol. The van der Waals surface area contributed by atoms with Crippen LogP contribution in [0.5, 0.6) is 0 Å². The maximum Gasteiger partial charge on any atom is 0.323 e. The van der Waals surface area contributed by atoms with E-state index in [9.17, 15) is 9.90 Å². The molecule has 0 bridgehead atoms. The monoisotopic (exact) mass is 242 g/mol. The quantitative estimate of drug-likeness (QED) is 0.713. The predicted molar refractivity (Wildman–Crippen MR) is 69.2 cm³/mol. The summed E-state index contributed by atoms with van der Waals surface area (Å²) >= 11 is 0. The Balaban J connectivity index is 2.61. The Morgan fingerprint density at radius 2 is 2.18 bits per heavy atom. The van der Waals surface area contributed by atoms with E-state index >= 15 is 0 Å². The van der Waals surface area contributed by atoms with Gasteiger partial charge in [-0.15, -0.1) is 0 Å². The van der Waals surface area contributed by atoms with Gasteiger partial charge in [0.1, 0.15) is 5.54 Å². The SMILES string of the molecule is CCCNC1(C(=O)O)CCC(N(C)CCC)C1. The first-order valence-electron chi connectivity index (χ1n) is 6.74. The Morgan fingerprint density at radius 1 is 1.47 bits per heavy atom. The smallest absolute Gasteiger partial charge is 0.323 e. The van der Waals surface area contributed by atoms with Gasteiger partial charge in [0, 0.05) is 6.04 Å². The van der Waals surface area contributed by atoms with Gasteiger partial charge in [-0.1, -0.05) is 13.8 Å². The first-order chi connectivity index (χ1) is 8.05. The highest BCUT2D eigenvalue weighted by Gasteiger charge is 2.45. The molecule has 2 N–H and O–H groups in total. The zero-order chi connectivity index (χ0) is 12.9. The Labute approximate surface area is 104 Å². The molecule has 0 radical (unpaired) electrons. The second-order valence-corrected chi connectivity index (χ2v) is 5.19. The molecule has 4 heteroatoms. The van der Waals surface area contributed by atoms with Gasteiger partial charge in [0.15, 0.2) is 0 Å². The number of carboxylic acid groups (broad SMARTS) is 1. The van der Waals surface area contributed by atoms with Gasteiger partial charge >= 0.3 is 5.97 Å². The summed E-state index contributed by atoms with van der Waals surface area (Å²) in [6, 6.07) is 0.412. The predicted octanol–water partition coefficient (Wildman–Crippen LogP) is 1.70. The van der Waals surface area contributed by atoms with Crippen LogP contribution in [0, 0.1) is 0 Å². The minimum Gasteiger partial charge on any atom is -0.480 e. The van der Waals surface area contributed by atoms with Gasteiger partial charge in [0.2, 0.25) is 0 Å². The number of nitrogens with one attached hydrogen (secondary N) is 1. The highest BCUT2D eigenvalue weighted by molar-refractivity contribution is 5.79. The van der Waals surface area contributed by atoms with Crippen molar-refractivity contribution in [1.29, 1.82) is 0 Å². The van der Waals surface area contributed by atoms with Crippen molar-refractivity contribution in [3.8, 4) is 0 Å². The summed E-state index contributed by atoms with van der Waals surface area (Å²) in [5, 5.41) is 12.7. The third-order valence-corrected chi connectivity index (χ3v) is 3.81. The van der Waals surface area contributed by atoms with Crippen LogP contribution in [0.15, 0.2) is 0 Å². The van der Waals surface area contributed by atoms with Crippen molar-refractivity contribution in [3.05, 3.63) is 0 Å². The van der Waals surface area contributed by atoms with E-state index in [1.807, 2.05) is 0 Å². The lowest BCUT2D eigenvalue weighted by atomic mass is 9.97. The number of carboxylic acids is 1. The van der Waals surface area contributed by atoms with Crippen LogP contribution in [0.4, 0.5) is 0 Å². The second kappa shape index (κ2) is 6.36. The highest BCUT2D eigenvalue weighted by atomic mass is 16.4. The molecule has 0 aromatic rings. The van der Waals surface area contributed by atoms with Crippen LogP contribution in [0.3, 0.4) is 0 Å². The lowest BCUT2D eigenvalue weighted by molar-refractivity contribution is -0.144. The van der Waals surface area contributed by atoms with Gasteiger partial charge in [-0.2, -0.15) is 0 Å². The molecule has 1 fully saturated rings. The summed E-state index contributed by atoms with van der Waals surface area (Å²) in [5.41, 5.74) is -0.678. The topological polar surface area (TPSA) is 52.6 Å². The maximum atomic E-state index is 11.5. The van der Waals surface area contributed by atoms with Crippen LogP contribution >= 0.6 is 0 Å². The number of aliphatic carboxylic acids is 1. The number of hydrogen-bond acceptors (Lipinski definition) is 3. The standard InChI is InChI=1S/C13H26N2O2/c1-4-8-14-13(12(16)17)7-6-11(10-13)15(3)9-5-2/h11,14H,4-10H2,1-3H3,(H,16,17). The molecular formula is C13H26N2O2. The molecule has 1 aliphatic carbocycles. The van der Waals surface area contributed by atoms with Crippen LogP contribution in [0.25, 0.3) is 0 Å². The van der Waals surface area contributed by atoms with Crippen molar-refractivity contribution in [1.82, 2.24) is 10.2 Å². The van der Waals surface area contributed by atoms with E-state index in [1.165, 1.54) is 0 Å². The summed E-state index contributed by atoms with van der Waals surface area (Å²) in [6.45, 7) is 6.06. The molecule has 17 heavy (non-hydrogen) atoms. The van der Waals surface area contributed by atoms with Crippen LogP contribution < -0.4 is 5.32 Å². The van der Waals surface area contributed by atoms with E-state index in [4.69, 9.17) is 0 Å². The molecule has 1 saturated carbocycles. The Kier molecular flexibility index (Phi) is 5.40. The molecule has 2 unspecified atom stereocenters. The summed E-state index contributed by atoms with van der Waals surface area (Å²) in [7, 11) is 2.10. The molecule has 0 aliphatic heterocycles. The summed E-state index contributed by atoms with van der Waals surface area (Å²) in [4.78, 5) is 13.8. The third-order valence-electron chi connectivity index (χ3n) is 3.81. The largest absolute Gasteiger partial charge is 0.480 e. The molecule has 0 amide bonds. The van der Waals surface area contributed by atoms with Crippen LogP contribution in [0.2, 0.25) is 0 Å². The molecule has 4 nitrogen and oxygen atoms in total.